The molecule has 0 aromatic heterocycles. The molecule has 210 valence electrons. The third kappa shape index (κ3) is 5.18. The van der Waals surface area contributed by atoms with Crippen molar-refractivity contribution in [3.8, 4) is 6.07 Å². The number of alkyl halides is 3. The van der Waals surface area contributed by atoms with Gasteiger partial charge in [0, 0.05) is 12.2 Å². The zero-order valence-corrected chi connectivity index (χ0v) is 22.3. The maximum Gasteiger partial charge on any atom is 0.471 e. The fraction of sp³-hybridized carbons (Fsp3) is 0.593. The lowest BCUT2D eigenvalue weighted by molar-refractivity contribution is -0.176. The summed E-state index contributed by atoms with van der Waals surface area (Å²) in [7, 11) is 0. The van der Waals surface area contributed by atoms with E-state index in [2.05, 4.69) is 10.6 Å². The number of piperidine rings is 1. The van der Waals surface area contributed by atoms with Gasteiger partial charge < -0.3 is 20.9 Å². The number of nitriles is 1. The second-order valence-corrected chi connectivity index (χ2v) is 12.2. The Labute approximate surface area is 224 Å². The molecule has 0 bridgehead atoms. The predicted octanol–water partition coefficient (Wildman–Crippen LogP) is 2.70. The highest BCUT2D eigenvalue weighted by Crippen LogP contribution is 2.65. The van der Waals surface area contributed by atoms with E-state index >= 15 is 0 Å². The van der Waals surface area contributed by atoms with E-state index in [4.69, 9.17) is 0 Å². The van der Waals surface area contributed by atoms with Gasteiger partial charge in [-0.3, -0.25) is 19.2 Å². The average molecular weight is 548 g/mol. The molecular formula is C27H32F3N5O4. The highest BCUT2D eigenvalue weighted by atomic mass is 19.4. The Balaban J connectivity index is 1.54. The Morgan fingerprint density at radius 3 is 2.41 bits per heavy atom. The molecule has 2 aliphatic heterocycles. The molecule has 4 rings (SSSR count). The molecular weight excluding hydrogens is 515 g/mol. The maximum absolute atomic E-state index is 13.6. The molecule has 1 saturated heterocycles. The van der Waals surface area contributed by atoms with Gasteiger partial charge >= 0.3 is 12.1 Å². The first-order valence-electron chi connectivity index (χ1n) is 12.8. The minimum absolute atomic E-state index is 0.00942. The fourth-order valence-corrected chi connectivity index (χ4v) is 5.99. The van der Waals surface area contributed by atoms with Gasteiger partial charge in [0.25, 0.3) is 0 Å². The van der Waals surface area contributed by atoms with Crippen molar-refractivity contribution in [3.63, 3.8) is 0 Å². The molecule has 1 aromatic rings. The number of carbonyl (C=O) groups excluding carboxylic acids is 4. The van der Waals surface area contributed by atoms with E-state index in [0.717, 1.165) is 0 Å². The fourth-order valence-electron chi connectivity index (χ4n) is 5.99. The van der Waals surface area contributed by atoms with E-state index in [0.29, 0.717) is 11.3 Å². The molecule has 39 heavy (non-hydrogen) atoms. The largest absolute Gasteiger partial charge is 0.471 e. The van der Waals surface area contributed by atoms with E-state index in [1.54, 1.807) is 24.3 Å². The maximum atomic E-state index is 13.6. The number of amides is 4. The number of anilines is 1. The van der Waals surface area contributed by atoms with E-state index in [-0.39, 0.29) is 36.1 Å². The van der Waals surface area contributed by atoms with E-state index in [9.17, 15) is 37.6 Å². The number of nitrogens with zero attached hydrogens (tertiary/aromatic N) is 2. The highest BCUT2D eigenvalue weighted by Gasteiger charge is 2.70. The summed E-state index contributed by atoms with van der Waals surface area (Å²) in [4.78, 5) is 52.7. The molecule has 2 fully saturated rings. The molecule has 0 spiro atoms. The first-order valence-corrected chi connectivity index (χ1v) is 12.8. The summed E-state index contributed by atoms with van der Waals surface area (Å²) in [5.41, 5.74) is -0.0246. The van der Waals surface area contributed by atoms with Gasteiger partial charge in [0.1, 0.15) is 18.1 Å². The number of benzene rings is 1. The topological polar surface area (TPSA) is 131 Å². The number of para-hydroxylation sites is 1. The Kier molecular flexibility index (Phi) is 6.94. The van der Waals surface area contributed by atoms with Crippen molar-refractivity contribution in [2.24, 2.45) is 22.7 Å². The molecule has 1 saturated carbocycles. The third-order valence-electron chi connectivity index (χ3n) is 8.26. The number of likely N-dealkylation sites (tertiary alicyclic amines) is 1. The molecule has 9 nitrogen and oxygen atoms in total. The summed E-state index contributed by atoms with van der Waals surface area (Å²) < 4.78 is 39.1. The number of carbonyl (C=O) groups is 4. The van der Waals surface area contributed by atoms with E-state index in [1.807, 2.05) is 25.2 Å². The van der Waals surface area contributed by atoms with Crippen LogP contribution in [0.2, 0.25) is 0 Å². The van der Waals surface area contributed by atoms with Crippen LogP contribution in [0.15, 0.2) is 24.3 Å². The molecule has 3 aliphatic rings. The predicted molar refractivity (Wildman–Crippen MR) is 134 cm³/mol. The van der Waals surface area contributed by atoms with Gasteiger partial charge in [-0.1, -0.05) is 52.8 Å². The van der Waals surface area contributed by atoms with Crippen molar-refractivity contribution < 1.29 is 32.3 Å². The van der Waals surface area contributed by atoms with Crippen LogP contribution >= 0.6 is 0 Å². The van der Waals surface area contributed by atoms with Crippen LogP contribution in [0, 0.1) is 34.0 Å². The molecule has 1 aliphatic carbocycles. The Morgan fingerprint density at radius 1 is 1.18 bits per heavy atom. The summed E-state index contributed by atoms with van der Waals surface area (Å²) in [5, 5.41) is 17.0. The molecule has 4 amide bonds. The minimum atomic E-state index is -5.18. The van der Waals surface area contributed by atoms with Crippen LogP contribution in [0.5, 0.6) is 0 Å². The lowest BCUT2D eigenvalue weighted by Crippen LogP contribution is -2.61. The second-order valence-electron chi connectivity index (χ2n) is 12.2. The number of halogens is 3. The summed E-state index contributed by atoms with van der Waals surface area (Å²) in [5.74, 6) is -4.92. The van der Waals surface area contributed by atoms with E-state index < -0.39 is 53.4 Å². The van der Waals surface area contributed by atoms with Gasteiger partial charge in [-0.25, -0.2) is 0 Å². The van der Waals surface area contributed by atoms with Gasteiger partial charge in [0.15, 0.2) is 0 Å². The van der Waals surface area contributed by atoms with Crippen LogP contribution in [0.3, 0.4) is 0 Å². The Morgan fingerprint density at radius 2 is 1.82 bits per heavy atom. The molecule has 0 radical (unpaired) electrons. The Hall–Kier alpha value is -3.62. The Bertz CT molecular complexity index is 1250. The van der Waals surface area contributed by atoms with Crippen molar-refractivity contribution in [1.82, 2.24) is 15.5 Å². The van der Waals surface area contributed by atoms with Gasteiger partial charge in [0.2, 0.25) is 17.7 Å². The molecule has 6 atom stereocenters. The molecule has 1 aromatic carbocycles. The molecule has 12 heteroatoms. The van der Waals surface area contributed by atoms with Crippen molar-refractivity contribution >= 4 is 29.3 Å². The van der Waals surface area contributed by atoms with Crippen LogP contribution in [-0.4, -0.2) is 59.4 Å². The standard InChI is InChI=1S/C27H32F3N5O4/c1-25(2,3)20(34-24(39)27(28,29)30)23(38)35-12-16-18(26(16,4)5)19(35)22(37)32-13(11-31)10-15-14-8-6-7-9-17(14)33-21(15)36/h6-9,13,15-16,18-20H,10,12H2,1-5H3,(H,32,37)(H,33,36)(H,34,39)/t13-,15-,16-,18-,19-,20+/m0/s1. The zero-order chi connectivity index (χ0) is 29.1. The lowest BCUT2D eigenvalue weighted by atomic mass is 9.85. The van der Waals surface area contributed by atoms with Crippen molar-refractivity contribution in [1.29, 1.82) is 5.26 Å². The summed E-state index contributed by atoms with van der Waals surface area (Å²) in [6.07, 6.45) is -5.17. The minimum Gasteiger partial charge on any atom is -0.339 e. The van der Waals surface area contributed by atoms with Crippen LogP contribution in [0.25, 0.3) is 0 Å². The monoisotopic (exact) mass is 547 g/mol. The van der Waals surface area contributed by atoms with Gasteiger partial charge in [-0.05, 0) is 40.7 Å². The van der Waals surface area contributed by atoms with Gasteiger partial charge in [-0.15, -0.1) is 0 Å². The molecule has 2 heterocycles. The SMILES string of the molecule is CC(C)(C)[C@H](NC(=O)C(F)(F)F)C(=O)N1C[C@H]2[C@@H]([C@H]1C(=O)N[C@H](C#N)C[C@@H]1C(=O)Nc3ccccc31)C2(C)C. The molecule has 0 unspecified atom stereocenters. The van der Waals surface area contributed by atoms with Crippen molar-refractivity contribution in [2.75, 3.05) is 11.9 Å². The first kappa shape index (κ1) is 28.4. The second kappa shape index (κ2) is 9.54. The summed E-state index contributed by atoms with van der Waals surface area (Å²) in [6, 6.07) is 5.45. The van der Waals surface area contributed by atoms with Crippen LogP contribution < -0.4 is 16.0 Å². The number of hydrogen-bond acceptors (Lipinski definition) is 5. The van der Waals surface area contributed by atoms with Gasteiger partial charge in [-0.2, -0.15) is 18.4 Å². The smallest absolute Gasteiger partial charge is 0.339 e. The van der Waals surface area contributed by atoms with Crippen LogP contribution in [-0.2, 0) is 19.2 Å². The number of fused-ring (bicyclic) bond motifs is 2. The first-order chi connectivity index (χ1) is 18.0. The molecule has 3 N–H and O–H groups in total. The average Bonchev–Trinajstić information content (AvgIpc) is 3.15. The third-order valence-corrected chi connectivity index (χ3v) is 8.26. The summed E-state index contributed by atoms with van der Waals surface area (Å²) in [6.45, 7) is 8.60. The number of hydrogen-bond donors (Lipinski definition) is 3. The number of nitrogens with one attached hydrogen (secondary N) is 3. The van der Waals surface area contributed by atoms with Crippen molar-refractivity contribution in [2.45, 2.75) is 71.3 Å². The highest BCUT2D eigenvalue weighted by molar-refractivity contribution is 6.03. The zero-order valence-electron chi connectivity index (χ0n) is 22.3. The van der Waals surface area contributed by atoms with Crippen LogP contribution in [0.1, 0.15) is 52.5 Å². The van der Waals surface area contributed by atoms with Crippen LogP contribution in [0.4, 0.5) is 18.9 Å². The van der Waals surface area contributed by atoms with Crippen molar-refractivity contribution in [3.05, 3.63) is 29.8 Å². The normalized spacial score (nSPS) is 26.4. The van der Waals surface area contributed by atoms with Gasteiger partial charge in [0.05, 0.1) is 12.0 Å². The van der Waals surface area contributed by atoms with E-state index in [1.165, 1.54) is 25.7 Å². The number of rotatable bonds is 6. The lowest BCUT2D eigenvalue weighted by Gasteiger charge is -2.37. The summed E-state index contributed by atoms with van der Waals surface area (Å²) >= 11 is 0. The quantitative estimate of drug-likeness (QED) is 0.504.